The molecule has 2 N–H and O–H groups in total. The molecule has 3 heterocycles. The fourth-order valence-electron chi connectivity index (χ4n) is 3.81. The van der Waals surface area contributed by atoms with Crippen LogP contribution in [0.15, 0.2) is 60.8 Å². The fourth-order valence-corrected chi connectivity index (χ4v) is 3.81. The van der Waals surface area contributed by atoms with Crippen LogP contribution in [0.2, 0.25) is 0 Å². The zero-order valence-corrected chi connectivity index (χ0v) is 17.5. The highest BCUT2D eigenvalue weighted by atomic mass is 19.1. The van der Waals surface area contributed by atoms with E-state index in [0.717, 1.165) is 42.9 Å². The summed E-state index contributed by atoms with van der Waals surface area (Å²) in [5.41, 5.74) is 3.12. The van der Waals surface area contributed by atoms with Crippen molar-refractivity contribution in [1.82, 2.24) is 14.9 Å². The molecule has 0 radical (unpaired) electrons. The molecule has 0 spiro atoms. The second-order valence-electron chi connectivity index (χ2n) is 7.76. The summed E-state index contributed by atoms with van der Waals surface area (Å²) in [6, 6.07) is 16.8. The average Bonchev–Trinajstić information content (AvgIpc) is 2.80. The summed E-state index contributed by atoms with van der Waals surface area (Å²) in [4.78, 5) is 23.3. The quantitative estimate of drug-likeness (QED) is 0.616. The van der Waals surface area contributed by atoms with Crippen LogP contribution in [-0.2, 0) is 4.79 Å². The summed E-state index contributed by atoms with van der Waals surface area (Å²) in [5.74, 6) is 1.27. The number of amides is 1. The Bertz CT molecular complexity index is 1030. The molecule has 1 amide bonds. The third-order valence-electron chi connectivity index (χ3n) is 5.60. The van der Waals surface area contributed by atoms with E-state index in [9.17, 15) is 9.18 Å². The van der Waals surface area contributed by atoms with Crippen molar-refractivity contribution in [3.63, 3.8) is 0 Å². The van der Waals surface area contributed by atoms with Gasteiger partial charge in [-0.25, -0.2) is 14.4 Å². The van der Waals surface area contributed by atoms with Crippen LogP contribution in [-0.4, -0.2) is 40.4 Å². The molecular formula is C24H26FN5O. The number of benzene rings is 1. The molecule has 1 aliphatic rings. The number of hydrogen-bond donors (Lipinski definition) is 2. The minimum atomic E-state index is -0.373. The first-order chi connectivity index (χ1) is 15.1. The molecule has 160 valence electrons. The van der Waals surface area contributed by atoms with E-state index in [1.54, 1.807) is 6.07 Å². The molecule has 0 bridgehead atoms. The summed E-state index contributed by atoms with van der Waals surface area (Å²) in [7, 11) is 0. The van der Waals surface area contributed by atoms with Crippen LogP contribution >= 0.6 is 0 Å². The molecule has 3 aromatic rings. The Morgan fingerprint density at radius 1 is 1.06 bits per heavy atom. The topological polar surface area (TPSA) is 70.2 Å². The van der Waals surface area contributed by atoms with Crippen LogP contribution in [0.1, 0.15) is 30.0 Å². The molecule has 0 aliphatic carbocycles. The number of carbonyl (C=O) groups excluding carboxylic acids is 1. The van der Waals surface area contributed by atoms with E-state index in [1.807, 2.05) is 54.3 Å². The number of rotatable bonds is 6. The second kappa shape index (κ2) is 9.55. The SMILES string of the molecule is Cc1ccccc1NCC(=O)N1CCC(c2cccc(Nc3ccc(F)cn3)n2)CC1. The zero-order chi connectivity index (χ0) is 21.6. The third-order valence-corrected chi connectivity index (χ3v) is 5.60. The number of aryl methyl sites for hydroxylation is 1. The number of anilines is 3. The molecule has 0 unspecified atom stereocenters. The lowest BCUT2D eigenvalue weighted by Gasteiger charge is -2.32. The maximum atomic E-state index is 13.0. The number of piperidine rings is 1. The van der Waals surface area contributed by atoms with Crippen molar-refractivity contribution in [2.45, 2.75) is 25.7 Å². The summed E-state index contributed by atoms with van der Waals surface area (Å²) in [6.07, 6.45) is 2.93. The van der Waals surface area contributed by atoms with Gasteiger partial charge in [-0.05, 0) is 55.7 Å². The van der Waals surface area contributed by atoms with Crippen LogP contribution in [0.4, 0.5) is 21.7 Å². The van der Waals surface area contributed by atoms with Gasteiger partial charge in [0.15, 0.2) is 0 Å². The molecule has 1 fully saturated rings. The van der Waals surface area contributed by atoms with Crippen molar-refractivity contribution in [2.75, 3.05) is 30.3 Å². The summed E-state index contributed by atoms with van der Waals surface area (Å²) < 4.78 is 13.0. The first kappa shape index (κ1) is 20.8. The lowest BCUT2D eigenvalue weighted by Crippen LogP contribution is -2.41. The van der Waals surface area contributed by atoms with E-state index in [4.69, 9.17) is 4.98 Å². The molecule has 1 aromatic carbocycles. The van der Waals surface area contributed by atoms with Gasteiger partial charge in [-0.2, -0.15) is 0 Å². The Kier molecular flexibility index (Phi) is 6.40. The number of nitrogens with zero attached hydrogens (tertiary/aromatic N) is 3. The minimum absolute atomic E-state index is 0.118. The molecular weight excluding hydrogens is 393 g/mol. The minimum Gasteiger partial charge on any atom is -0.376 e. The van der Waals surface area contributed by atoms with Crippen LogP contribution < -0.4 is 10.6 Å². The monoisotopic (exact) mass is 419 g/mol. The number of pyridine rings is 2. The van der Waals surface area contributed by atoms with Gasteiger partial charge in [0.1, 0.15) is 17.5 Å². The van der Waals surface area contributed by atoms with Gasteiger partial charge in [0.05, 0.1) is 12.7 Å². The Balaban J connectivity index is 1.30. The number of carbonyl (C=O) groups is 1. The Morgan fingerprint density at radius 2 is 1.87 bits per heavy atom. The van der Waals surface area contributed by atoms with Gasteiger partial charge in [0.2, 0.25) is 5.91 Å². The number of aromatic nitrogens is 2. The van der Waals surface area contributed by atoms with Gasteiger partial charge < -0.3 is 15.5 Å². The predicted molar refractivity (Wildman–Crippen MR) is 120 cm³/mol. The first-order valence-corrected chi connectivity index (χ1v) is 10.5. The zero-order valence-electron chi connectivity index (χ0n) is 17.5. The van der Waals surface area contributed by atoms with E-state index in [1.165, 1.54) is 12.3 Å². The molecule has 7 heteroatoms. The van der Waals surface area contributed by atoms with Crippen molar-refractivity contribution < 1.29 is 9.18 Å². The standard InChI is InChI=1S/C24H26FN5O/c1-17-5-2-3-6-20(17)26-16-24(31)30-13-11-18(12-14-30)21-7-4-8-23(28-21)29-22-10-9-19(25)15-27-22/h2-10,15,18,26H,11-14,16H2,1H3,(H,27,28,29). The van der Waals surface area contributed by atoms with E-state index < -0.39 is 0 Å². The lowest BCUT2D eigenvalue weighted by atomic mass is 9.93. The molecule has 1 aliphatic heterocycles. The highest BCUT2D eigenvalue weighted by Crippen LogP contribution is 2.28. The largest absolute Gasteiger partial charge is 0.376 e. The normalized spacial score (nSPS) is 14.3. The summed E-state index contributed by atoms with van der Waals surface area (Å²) in [5, 5.41) is 6.36. The maximum absolute atomic E-state index is 13.0. The van der Waals surface area contributed by atoms with Crippen LogP contribution in [0, 0.1) is 12.7 Å². The molecule has 31 heavy (non-hydrogen) atoms. The summed E-state index contributed by atoms with van der Waals surface area (Å²) >= 11 is 0. The van der Waals surface area contributed by atoms with E-state index in [-0.39, 0.29) is 11.7 Å². The van der Waals surface area contributed by atoms with Gasteiger partial charge in [0, 0.05) is 30.4 Å². The Hall–Kier alpha value is -3.48. The summed E-state index contributed by atoms with van der Waals surface area (Å²) in [6.45, 7) is 3.77. The van der Waals surface area contributed by atoms with E-state index >= 15 is 0 Å². The van der Waals surface area contributed by atoms with Crippen molar-refractivity contribution in [1.29, 1.82) is 0 Å². The fraction of sp³-hybridized carbons (Fsp3) is 0.292. The lowest BCUT2D eigenvalue weighted by molar-refractivity contribution is -0.130. The molecule has 6 nitrogen and oxygen atoms in total. The molecule has 0 saturated carbocycles. The Labute approximate surface area is 181 Å². The second-order valence-corrected chi connectivity index (χ2v) is 7.76. The number of para-hydroxylation sites is 1. The van der Waals surface area contributed by atoms with Gasteiger partial charge in [-0.3, -0.25) is 4.79 Å². The molecule has 0 atom stereocenters. The third kappa shape index (κ3) is 5.36. The smallest absolute Gasteiger partial charge is 0.241 e. The number of hydrogen-bond acceptors (Lipinski definition) is 5. The number of halogens is 1. The van der Waals surface area contributed by atoms with Crippen molar-refractivity contribution >= 4 is 23.2 Å². The van der Waals surface area contributed by atoms with Gasteiger partial charge >= 0.3 is 0 Å². The van der Waals surface area contributed by atoms with Crippen LogP contribution in [0.5, 0.6) is 0 Å². The predicted octanol–water partition coefficient (Wildman–Crippen LogP) is 4.49. The Morgan fingerprint density at radius 3 is 2.61 bits per heavy atom. The highest BCUT2D eigenvalue weighted by Gasteiger charge is 2.24. The van der Waals surface area contributed by atoms with E-state index in [2.05, 4.69) is 15.6 Å². The van der Waals surface area contributed by atoms with Crippen molar-refractivity contribution in [2.24, 2.45) is 0 Å². The van der Waals surface area contributed by atoms with Crippen LogP contribution in [0.25, 0.3) is 0 Å². The van der Waals surface area contributed by atoms with Crippen LogP contribution in [0.3, 0.4) is 0 Å². The molecule has 1 saturated heterocycles. The number of nitrogens with one attached hydrogen (secondary N) is 2. The average molecular weight is 420 g/mol. The maximum Gasteiger partial charge on any atom is 0.241 e. The van der Waals surface area contributed by atoms with Gasteiger partial charge in [0.25, 0.3) is 0 Å². The van der Waals surface area contributed by atoms with Crippen molar-refractivity contribution in [3.05, 3.63) is 77.9 Å². The molecule has 4 rings (SSSR count). The molecule has 2 aromatic heterocycles. The first-order valence-electron chi connectivity index (χ1n) is 10.5. The van der Waals surface area contributed by atoms with Gasteiger partial charge in [-0.15, -0.1) is 0 Å². The number of likely N-dealkylation sites (tertiary alicyclic amines) is 1. The van der Waals surface area contributed by atoms with E-state index in [0.29, 0.717) is 24.1 Å². The highest BCUT2D eigenvalue weighted by molar-refractivity contribution is 5.81. The van der Waals surface area contributed by atoms with Crippen molar-refractivity contribution in [3.8, 4) is 0 Å². The van der Waals surface area contributed by atoms with Gasteiger partial charge in [-0.1, -0.05) is 24.3 Å².